The SMILES string of the molecule is Cc1cc([N+](=O)[O-])ccc1-c1ccc(/C=N\NC(F)(F)C(F)(F)C(F)(F)F)o1. The van der Waals surface area contributed by atoms with Gasteiger partial charge in [0.2, 0.25) is 0 Å². The fourth-order valence-electron chi connectivity index (χ4n) is 2.03. The van der Waals surface area contributed by atoms with E-state index in [1.54, 1.807) is 6.92 Å². The molecule has 0 unspecified atom stereocenters. The largest absolute Gasteiger partial charge is 0.462 e. The van der Waals surface area contributed by atoms with Gasteiger partial charge < -0.3 is 4.42 Å². The monoisotopic (exact) mass is 413 g/mol. The first-order valence-electron chi connectivity index (χ1n) is 7.24. The van der Waals surface area contributed by atoms with Crippen molar-refractivity contribution in [1.29, 1.82) is 0 Å². The van der Waals surface area contributed by atoms with Gasteiger partial charge in [-0.3, -0.25) is 10.1 Å². The van der Waals surface area contributed by atoms with Crippen molar-refractivity contribution in [3.8, 4) is 11.3 Å². The van der Waals surface area contributed by atoms with Gasteiger partial charge in [-0.1, -0.05) is 0 Å². The van der Waals surface area contributed by atoms with Crippen LogP contribution in [0.2, 0.25) is 0 Å². The number of alkyl halides is 7. The molecular weight excluding hydrogens is 403 g/mol. The van der Waals surface area contributed by atoms with Crippen LogP contribution >= 0.6 is 0 Å². The fraction of sp³-hybridized carbons (Fsp3) is 0.267. The Balaban J connectivity index is 2.16. The number of non-ortho nitro benzene ring substituents is 1. The number of furan rings is 1. The van der Waals surface area contributed by atoms with Gasteiger partial charge in [0.1, 0.15) is 11.5 Å². The Morgan fingerprint density at radius 2 is 1.75 bits per heavy atom. The number of hydrazone groups is 1. The molecule has 0 spiro atoms. The maximum atomic E-state index is 13.0. The van der Waals surface area contributed by atoms with Gasteiger partial charge in [-0.15, -0.1) is 0 Å². The highest BCUT2D eigenvalue weighted by atomic mass is 19.4. The van der Waals surface area contributed by atoms with E-state index in [-0.39, 0.29) is 17.2 Å². The van der Waals surface area contributed by atoms with Gasteiger partial charge in [0, 0.05) is 17.7 Å². The number of nitrogens with one attached hydrogen (secondary N) is 1. The van der Waals surface area contributed by atoms with Crippen LogP contribution in [0, 0.1) is 17.0 Å². The number of hydrogen-bond acceptors (Lipinski definition) is 5. The quantitative estimate of drug-likeness (QED) is 0.241. The van der Waals surface area contributed by atoms with Gasteiger partial charge >= 0.3 is 18.1 Å². The second kappa shape index (κ2) is 7.13. The third-order valence-electron chi connectivity index (χ3n) is 3.46. The van der Waals surface area contributed by atoms with Gasteiger partial charge in [0.05, 0.1) is 11.1 Å². The number of halogens is 7. The molecule has 0 atom stereocenters. The molecule has 1 heterocycles. The molecule has 2 aromatic rings. The van der Waals surface area contributed by atoms with Crippen molar-refractivity contribution in [2.45, 2.75) is 25.1 Å². The maximum absolute atomic E-state index is 13.0. The van der Waals surface area contributed by atoms with E-state index in [9.17, 15) is 40.8 Å². The van der Waals surface area contributed by atoms with Crippen LogP contribution < -0.4 is 5.43 Å². The smallest absolute Gasteiger partial charge is 0.455 e. The van der Waals surface area contributed by atoms with E-state index in [0.717, 1.165) is 0 Å². The summed E-state index contributed by atoms with van der Waals surface area (Å²) in [4.78, 5) is 10.1. The van der Waals surface area contributed by atoms with Crippen molar-refractivity contribution >= 4 is 11.9 Å². The molecule has 0 saturated heterocycles. The summed E-state index contributed by atoms with van der Waals surface area (Å²) < 4.78 is 92.7. The first-order chi connectivity index (χ1) is 12.8. The first-order valence-corrected chi connectivity index (χ1v) is 7.24. The van der Waals surface area contributed by atoms with Crippen LogP contribution in [0.5, 0.6) is 0 Å². The van der Waals surface area contributed by atoms with Gasteiger partial charge in [0.25, 0.3) is 5.69 Å². The molecule has 0 radical (unpaired) electrons. The summed E-state index contributed by atoms with van der Waals surface area (Å²) in [5.74, 6) is -6.45. The Bertz CT molecular complexity index is 907. The fourth-order valence-corrected chi connectivity index (χ4v) is 2.03. The summed E-state index contributed by atoms with van der Waals surface area (Å²) in [6, 6.07) is 0.641. The predicted molar refractivity (Wildman–Crippen MR) is 82.2 cm³/mol. The summed E-state index contributed by atoms with van der Waals surface area (Å²) in [7, 11) is 0. The standard InChI is InChI=1S/C15H10F7N3O3/c1-8-6-9(25(26)27)2-4-11(8)12-5-3-10(28-12)7-23-24-15(21,22)13(16,17)14(18,19)20/h2-7,24H,1H3/b23-7-. The zero-order valence-electron chi connectivity index (χ0n) is 13.7. The number of nitro groups is 1. The molecule has 1 N–H and O–H groups in total. The second-order valence-corrected chi connectivity index (χ2v) is 5.47. The predicted octanol–water partition coefficient (Wildman–Crippen LogP) is 4.88. The molecule has 1 aromatic carbocycles. The number of nitro benzene ring substituents is 1. The van der Waals surface area contributed by atoms with Gasteiger partial charge in [0.15, 0.2) is 0 Å². The van der Waals surface area contributed by atoms with E-state index < -0.39 is 23.1 Å². The molecule has 13 heteroatoms. The van der Waals surface area contributed by atoms with Crippen LogP contribution in [0.25, 0.3) is 11.3 Å². The molecule has 0 fully saturated rings. The summed E-state index contributed by atoms with van der Waals surface area (Å²) in [6.07, 6.45) is -6.01. The topological polar surface area (TPSA) is 80.7 Å². The lowest BCUT2D eigenvalue weighted by Gasteiger charge is -2.27. The van der Waals surface area contributed by atoms with E-state index >= 15 is 0 Å². The van der Waals surface area contributed by atoms with Crippen molar-refractivity contribution in [2.24, 2.45) is 5.10 Å². The van der Waals surface area contributed by atoms with Crippen LogP contribution in [-0.4, -0.2) is 29.3 Å². The molecule has 0 bridgehead atoms. The zero-order valence-corrected chi connectivity index (χ0v) is 13.7. The minimum absolute atomic E-state index is 0.140. The first kappa shape index (κ1) is 21.2. The van der Waals surface area contributed by atoms with Crippen LogP contribution in [-0.2, 0) is 0 Å². The number of rotatable bonds is 6. The zero-order chi connectivity index (χ0) is 21.3. The molecule has 0 aliphatic carbocycles. The van der Waals surface area contributed by atoms with Crippen molar-refractivity contribution in [2.75, 3.05) is 0 Å². The lowest BCUT2D eigenvalue weighted by atomic mass is 10.1. The van der Waals surface area contributed by atoms with Gasteiger partial charge in [-0.25, -0.2) is 5.43 Å². The summed E-state index contributed by atoms with van der Waals surface area (Å²) in [5, 5.41) is 13.4. The van der Waals surface area contributed by atoms with Crippen LogP contribution in [0.4, 0.5) is 36.4 Å². The van der Waals surface area contributed by atoms with Crippen molar-refractivity contribution in [3.05, 3.63) is 51.8 Å². The van der Waals surface area contributed by atoms with Crippen LogP contribution in [0.15, 0.2) is 39.9 Å². The molecule has 0 amide bonds. The summed E-state index contributed by atoms with van der Waals surface area (Å²) >= 11 is 0. The molecule has 0 aliphatic heterocycles. The Morgan fingerprint density at radius 3 is 2.29 bits per heavy atom. The number of benzene rings is 1. The molecule has 2 rings (SSSR count). The molecule has 0 aliphatic rings. The molecule has 1 aromatic heterocycles. The Kier molecular flexibility index (Phi) is 5.39. The lowest BCUT2D eigenvalue weighted by Crippen LogP contribution is -2.58. The maximum Gasteiger partial charge on any atom is 0.462 e. The van der Waals surface area contributed by atoms with Crippen molar-refractivity contribution in [3.63, 3.8) is 0 Å². The molecule has 0 saturated carbocycles. The van der Waals surface area contributed by atoms with E-state index in [0.29, 0.717) is 22.8 Å². The highest BCUT2D eigenvalue weighted by molar-refractivity contribution is 5.77. The number of aryl methyl sites for hydroxylation is 1. The molecule has 28 heavy (non-hydrogen) atoms. The normalized spacial score (nSPS) is 13.1. The van der Waals surface area contributed by atoms with E-state index in [1.807, 2.05) is 0 Å². The Labute approximate surface area is 151 Å². The van der Waals surface area contributed by atoms with Gasteiger partial charge in [-0.2, -0.15) is 35.8 Å². The Morgan fingerprint density at radius 1 is 1.11 bits per heavy atom. The summed E-state index contributed by atoms with van der Waals surface area (Å²) in [5.41, 5.74) is 1.15. The third kappa shape index (κ3) is 4.07. The van der Waals surface area contributed by atoms with Gasteiger partial charge in [-0.05, 0) is 30.7 Å². The number of hydrogen-bond donors (Lipinski definition) is 1. The minimum atomic E-state index is -6.48. The van der Waals surface area contributed by atoms with E-state index in [2.05, 4.69) is 5.10 Å². The van der Waals surface area contributed by atoms with E-state index in [4.69, 9.17) is 4.42 Å². The Hall–Kier alpha value is -3.12. The van der Waals surface area contributed by atoms with Crippen molar-refractivity contribution in [1.82, 2.24) is 5.43 Å². The third-order valence-corrected chi connectivity index (χ3v) is 3.46. The average Bonchev–Trinajstić information content (AvgIpc) is 3.01. The average molecular weight is 413 g/mol. The van der Waals surface area contributed by atoms with Crippen LogP contribution in [0.1, 0.15) is 11.3 Å². The van der Waals surface area contributed by atoms with Crippen molar-refractivity contribution < 1.29 is 40.1 Å². The lowest BCUT2D eigenvalue weighted by molar-refractivity contribution is -0.384. The highest BCUT2D eigenvalue weighted by Gasteiger charge is 2.73. The van der Waals surface area contributed by atoms with Crippen LogP contribution in [0.3, 0.4) is 0 Å². The van der Waals surface area contributed by atoms with E-state index in [1.165, 1.54) is 30.3 Å². The minimum Gasteiger partial charge on any atom is -0.455 e. The number of nitrogens with zero attached hydrogens (tertiary/aromatic N) is 2. The highest BCUT2D eigenvalue weighted by Crippen LogP contribution is 2.45. The molecule has 152 valence electrons. The molecule has 6 nitrogen and oxygen atoms in total. The molecular formula is C15H10F7N3O3. The second-order valence-electron chi connectivity index (χ2n) is 5.47. The summed E-state index contributed by atoms with van der Waals surface area (Å²) in [6.45, 7) is 1.54.